The fourth-order valence-electron chi connectivity index (χ4n) is 0.640. The summed E-state index contributed by atoms with van der Waals surface area (Å²) in [7, 11) is -12.5. The molecule has 0 unspecified atom stereocenters. The zero-order valence-electron chi connectivity index (χ0n) is 9.09. The molecular formula is C4H4F8O7P2. The minimum Gasteiger partial charge on any atom is -0.227 e. The number of alkyl halides is 8. The summed E-state index contributed by atoms with van der Waals surface area (Å²) in [5, 5.41) is 0. The van der Waals surface area contributed by atoms with Crippen LogP contribution in [0.25, 0.3) is 0 Å². The van der Waals surface area contributed by atoms with Gasteiger partial charge in [0.15, 0.2) is 0 Å². The Hall–Kier alpha value is -0.300. The first-order valence-corrected chi connectivity index (χ1v) is 7.07. The molecule has 0 aromatic heterocycles. The van der Waals surface area contributed by atoms with Gasteiger partial charge in [0.1, 0.15) is 0 Å². The highest BCUT2D eigenvalue weighted by Crippen LogP contribution is 2.68. The maximum absolute atomic E-state index is 11.8. The third-order valence-corrected chi connectivity index (χ3v) is 4.31. The van der Waals surface area contributed by atoms with E-state index in [1.165, 1.54) is 0 Å². The summed E-state index contributed by atoms with van der Waals surface area (Å²) in [6.07, 6.45) is 0. The molecule has 0 saturated carbocycles. The van der Waals surface area contributed by atoms with Gasteiger partial charge >= 0.3 is 42.1 Å². The van der Waals surface area contributed by atoms with Crippen LogP contribution in [0.1, 0.15) is 0 Å². The largest absolute Gasteiger partial charge is 0.492 e. The highest BCUT2D eigenvalue weighted by atomic mass is 31.3. The predicted octanol–water partition coefficient (Wildman–Crippen LogP) is 4.18. The van der Waals surface area contributed by atoms with Gasteiger partial charge in [0, 0.05) is 0 Å². The van der Waals surface area contributed by atoms with Crippen molar-refractivity contribution < 1.29 is 66.7 Å². The molecule has 0 aromatic carbocycles. The molecule has 21 heavy (non-hydrogen) atoms. The Balaban J connectivity index is 5.29. The molecule has 128 valence electrons. The van der Waals surface area contributed by atoms with E-state index in [0.717, 1.165) is 0 Å². The summed E-state index contributed by atoms with van der Waals surface area (Å²) in [6, 6.07) is 0. The van der Waals surface area contributed by atoms with Crippen LogP contribution >= 0.6 is 15.6 Å². The number of phosphoric acid groups is 2. The van der Waals surface area contributed by atoms with Gasteiger partial charge in [-0.3, -0.25) is 0 Å². The Morgan fingerprint density at radius 3 is 0.857 bits per heavy atom. The van der Waals surface area contributed by atoms with Crippen LogP contribution in [-0.4, -0.2) is 26.4 Å². The predicted molar refractivity (Wildman–Crippen MR) is 44.7 cm³/mol. The van der Waals surface area contributed by atoms with E-state index in [0.29, 0.717) is 0 Å². The summed E-state index contributed by atoms with van der Waals surface area (Å²) < 4.78 is 132. The van der Waals surface area contributed by atoms with Crippen LogP contribution in [-0.2, 0) is 31.5 Å². The number of halogens is 8. The highest BCUT2D eigenvalue weighted by molar-refractivity contribution is 7.62. The normalized spacial score (nSPS) is 13.9. The Labute approximate surface area is 110 Å². The lowest BCUT2D eigenvalue weighted by Crippen LogP contribution is -2.11. The van der Waals surface area contributed by atoms with Crippen molar-refractivity contribution in [2.45, 2.75) is 26.4 Å². The molecule has 0 atom stereocenters. The molecule has 0 rings (SSSR count). The standard InChI is InChI=1S/C4H4F8O7P2/c5-1(6)15-20(13,16-2(7)8)19-21(14,17-3(9)10)18-4(11)12/h1-4H. The lowest BCUT2D eigenvalue weighted by atomic mass is 11.5. The van der Waals surface area contributed by atoms with Crippen molar-refractivity contribution in [3.63, 3.8) is 0 Å². The summed E-state index contributed by atoms with van der Waals surface area (Å²) in [5.74, 6) is 0. The van der Waals surface area contributed by atoms with Crippen LogP contribution in [0.4, 0.5) is 35.1 Å². The van der Waals surface area contributed by atoms with Crippen molar-refractivity contribution in [1.82, 2.24) is 0 Å². The van der Waals surface area contributed by atoms with Crippen LogP contribution < -0.4 is 0 Å². The lowest BCUT2D eigenvalue weighted by Gasteiger charge is -2.21. The number of rotatable bonds is 10. The van der Waals surface area contributed by atoms with Crippen molar-refractivity contribution in [3.8, 4) is 0 Å². The number of hydrogen-bond acceptors (Lipinski definition) is 7. The Kier molecular flexibility index (Phi) is 8.24. The van der Waals surface area contributed by atoms with Crippen LogP contribution in [0.2, 0.25) is 0 Å². The smallest absolute Gasteiger partial charge is 0.227 e. The molecule has 0 spiro atoms. The quantitative estimate of drug-likeness (QED) is 0.417. The van der Waals surface area contributed by atoms with E-state index < -0.39 is 42.1 Å². The monoisotopic (exact) mass is 378 g/mol. The van der Waals surface area contributed by atoms with Gasteiger partial charge in [-0.25, -0.2) is 27.2 Å². The average molecular weight is 378 g/mol. The topological polar surface area (TPSA) is 80.3 Å². The van der Waals surface area contributed by atoms with E-state index in [2.05, 4.69) is 22.4 Å². The molecule has 17 heteroatoms. The van der Waals surface area contributed by atoms with Crippen LogP contribution in [0.15, 0.2) is 0 Å². The molecule has 0 aliphatic carbocycles. The minimum atomic E-state index is -6.25. The molecule has 7 nitrogen and oxygen atoms in total. The van der Waals surface area contributed by atoms with Gasteiger partial charge < -0.3 is 0 Å². The molecule has 0 bridgehead atoms. The second kappa shape index (κ2) is 8.36. The Bertz CT molecular complexity index is 340. The van der Waals surface area contributed by atoms with E-state index >= 15 is 0 Å². The molecule has 0 aliphatic rings. The lowest BCUT2D eigenvalue weighted by molar-refractivity contribution is -0.127. The molecule has 0 N–H and O–H groups in total. The van der Waals surface area contributed by atoms with Crippen LogP contribution in [0, 0.1) is 0 Å². The Morgan fingerprint density at radius 1 is 0.524 bits per heavy atom. The van der Waals surface area contributed by atoms with E-state index in [9.17, 15) is 44.3 Å². The zero-order chi connectivity index (χ0) is 16.8. The molecule has 0 saturated heterocycles. The third-order valence-electron chi connectivity index (χ3n) is 1.04. The fraction of sp³-hybridized carbons (Fsp3) is 1.00. The highest BCUT2D eigenvalue weighted by Gasteiger charge is 2.47. The molecule has 0 aromatic rings. The first kappa shape index (κ1) is 20.7. The van der Waals surface area contributed by atoms with Crippen molar-refractivity contribution in [1.29, 1.82) is 0 Å². The maximum atomic E-state index is 11.8. The van der Waals surface area contributed by atoms with Crippen LogP contribution in [0.5, 0.6) is 0 Å². The van der Waals surface area contributed by atoms with Crippen LogP contribution in [0.3, 0.4) is 0 Å². The van der Waals surface area contributed by atoms with Gasteiger partial charge in [0.2, 0.25) is 0 Å². The number of phosphoric ester groups is 2. The summed E-state index contributed by atoms with van der Waals surface area (Å²) in [6.45, 7) is -16.6. The Morgan fingerprint density at radius 2 is 0.714 bits per heavy atom. The second-order valence-corrected chi connectivity index (χ2v) is 5.73. The van der Waals surface area contributed by atoms with Crippen molar-refractivity contribution in [2.24, 2.45) is 0 Å². The minimum absolute atomic E-state index is 2.88. The van der Waals surface area contributed by atoms with Crippen molar-refractivity contribution in [2.75, 3.05) is 0 Å². The zero-order valence-corrected chi connectivity index (χ0v) is 10.9. The summed E-state index contributed by atoms with van der Waals surface area (Å²) in [5.41, 5.74) is 0. The molecule has 0 amide bonds. The van der Waals surface area contributed by atoms with Gasteiger partial charge in [-0.15, -0.1) is 0 Å². The van der Waals surface area contributed by atoms with Crippen molar-refractivity contribution >= 4 is 15.6 Å². The molecular weight excluding hydrogens is 374 g/mol. The van der Waals surface area contributed by atoms with Gasteiger partial charge in [-0.05, 0) is 0 Å². The van der Waals surface area contributed by atoms with E-state index in [1.807, 2.05) is 0 Å². The first-order chi connectivity index (χ1) is 9.37. The third kappa shape index (κ3) is 9.34. The van der Waals surface area contributed by atoms with Gasteiger partial charge in [-0.1, -0.05) is 0 Å². The van der Waals surface area contributed by atoms with E-state index in [4.69, 9.17) is 0 Å². The summed E-state index contributed by atoms with van der Waals surface area (Å²) in [4.78, 5) is 0. The van der Waals surface area contributed by atoms with Gasteiger partial charge in [0.05, 0.1) is 0 Å². The molecule has 0 radical (unpaired) electrons. The van der Waals surface area contributed by atoms with Crippen molar-refractivity contribution in [3.05, 3.63) is 0 Å². The average Bonchev–Trinajstić information content (AvgIpc) is 2.07. The van der Waals surface area contributed by atoms with E-state index in [-0.39, 0.29) is 0 Å². The first-order valence-electron chi connectivity index (χ1n) is 4.15. The maximum Gasteiger partial charge on any atom is 0.492 e. The summed E-state index contributed by atoms with van der Waals surface area (Å²) >= 11 is 0. The fourth-order valence-corrected chi connectivity index (χ4v) is 3.12. The molecule has 0 aliphatic heterocycles. The SMILES string of the molecule is O=P(OC(F)F)(OC(F)F)OP(=O)(OC(F)F)OC(F)F. The molecule has 0 fully saturated rings. The van der Waals surface area contributed by atoms with Gasteiger partial charge in [0.25, 0.3) is 0 Å². The van der Waals surface area contributed by atoms with Gasteiger partial charge in [-0.2, -0.15) is 39.4 Å². The number of hydrogen-bond donors (Lipinski definition) is 0. The van der Waals surface area contributed by atoms with E-state index in [1.54, 1.807) is 0 Å². The molecule has 0 heterocycles. The second-order valence-electron chi connectivity index (χ2n) is 2.44.